The first-order valence-corrected chi connectivity index (χ1v) is 7.56. The Bertz CT molecular complexity index is 756. The molecule has 22 heavy (non-hydrogen) atoms. The first kappa shape index (κ1) is 13.1. The second-order valence-electron chi connectivity index (χ2n) is 5.58. The minimum absolute atomic E-state index is 0.0267. The first-order valence-electron chi connectivity index (χ1n) is 7.56. The van der Waals surface area contributed by atoms with Gasteiger partial charge in [0, 0.05) is 36.6 Å². The number of aromatic amines is 1. The molecule has 0 unspecified atom stereocenters. The molecule has 2 aromatic heterocycles. The minimum Gasteiger partial charge on any atom is -0.492 e. The molecule has 0 atom stereocenters. The summed E-state index contributed by atoms with van der Waals surface area (Å²) in [7, 11) is 0. The number of pyridine rings is 1. The van der Waals surface area contributed by atoms with Crippen LogP contribution in [-0.4, -0.2) is 39.4 Å². The van der Waals surface area contributed by atoms with E-state index in [1.807, 2.05) is 18.2 Å². The van der Waals surface area contributed by atoms with Crippen molar-refractivity contribution >= 4 is 29.6 Å². The van der Waals surface area contributed by atoms with Crippen LogP contribution in [0.5, 0.6) is 5.88 Å². The van der Waals surface area contributed by atoms with Crippen molar-refractivity contribution in [3.05, 3.63) is 29.6 Å². The normalized spacial score (nSPS) is 18.9. The number of rotatable bonds is 2. The summed E-state index contributed by atoms with van der Waals surface area (Å²) in [5.74, 6) is 1.48. The molecule has 1 saturated heterocycles. The number of nitrogens with one attached hydrogen (secondary N) is 1. The largest absolute Gasteiger partial charge is 0.492 e. The Morgan fingerprint density at radius 2 is 2.09 bits per heavy atom. The predicted molar refractivity (Wildman–Crippen MR) is 86.6 cm³/mol. The molecule has 0 aliphatic carbocycles. The Balaban J connectivity index is 1.65. The van der Waals surface area contributed by atoms with Crippen LogP contribution >= 0.6 is 0 Å². The van der Waals surface area contributed by atoms with Crippen LogP contribution in [0.2, 0.25) is 0 Å². The van der Waals surface area contributed by atoms with E-state index in [2.05, 4.69) is 24.8 Å². The molecule has 4 rings (SSSR count). The van der Waals surface area contributed by atoms with Gasteiger partial charge in [-0.15, -0.1) is 0 Å². The lowest BCUT2D eigenvalue weighted by molar-refractivity contribution is 0.454. The predicted octanol–water partition coefficient (Wildman–Crippen LogP) is 2.76. The van der Waals surface area contributed by atoms with Crippen LogP contribution in [0.4, 0.5) is 11.8 Å². The fraction of sp³-hybridized carbons (Fsp3) is 0.312. The highest BCUT2D eigenvalue weighted by atomic mass is 16.3. The van der Waals surface area contributed by atoms with Crippen molar-refractivity contribution in [2.75, 3.05) is 18.0 Å². The zero-order chi connectivity index (χ0) is 14.9. The molecular formula is C16H17N5O. The summed E-state index contributed by atoms with van der Waals surface area (Å²) in [5, 5.41) is 10.1. The maximum Gasteiger partial charge on any atom is 0.238 e. The molecule has 0 saturated carbocycles. The van der Waals surface area contributed by atoms with E-state index in [-0.39, 0.29) is 5.88 Å². The SMILES string of the molecule is Oc1nc(N2CCCCC2)[nH]c1C=C1C=Nc2ncccc21. The van der Waals surface area contributed by atoms with Gasteiger partial charge in [0.25, 0.3) is 0 Å². The number of hydrogen-bond donors (Lipinski definition) is 2. The van der Waals surface area contributed by atoms with Gasteiger partial charge in [0.2, 0.25) is 11.8 Å². The van der Waals surface area contributed by atoms with Gasteiger partial charge in [0.15, 0.2) is 5.82 Å². The highest BCUT2D eigenvalue weighted by Gasteiger charge is 2.18. The summed E-state index contributed by atoms with van der Waals surface area (Å²) in [4.78, 5) is 18.1. The smallest absolute Gasteiger partial charge is 0.238 e. The van der Waals surface area contributed by atoms with Gasteiger partial charge in [-0.3, -0.25) is 0 Å². The third-order valence-corrected chi connectivity index (χ3v) is 4.08. The molecule has 0 amide bonds. The number of hydrogen-bond acceptors (Lipinski definition) is 5. The molecule has 0 bridgehead atoms. The van der Waals surface area contributed by atoms with E-state index in [0.29, 0.717) is 11.5 Å². The van der Waals surface area contributed by atoms with Gasteiger partial charge < -0.3 is 15.0 Å². The van der Waals surface area contributed by atoms with Crippen LogP contribution in [0.3, 0.4) is 0 Å². The molecule has 2 aliphatic rings. The van der Waals surface area contributed by atoms with Crippen LogP contribution in [0.1, 0.15) is 30.5 Å². The second-order valence-corrected chi connectivity index (χ2v) is 5.58. The van der Waals surface area contributed by atoms with Crippen molar-refractivity contribution in [3.63, 3.8) is 0 Å². The number of allylic oxidation sites excluding steroid dienone is 1. The minimum atomic E-state index is 0.0267. The number of imidazole rings is 1. The van der Waals surface area contributed by atoms with Crippen LogP contribution in [0, 0.1) is 0 Å². The average molecular weight is 295 g/mol. The van der Waals surface area contributed by atoms with Gasteiger partial charge in [0.05, 0.1) is 0 Å². The van der Waals surface area contributed by atoms with E-state index in [1.165, 1.54) is 19.3 Å². The lowest BCUT2D eigenvalue weighted by Crippen LogP contribution is -2.30. The number of nitrogens with zero attached hydrogens (tertiary/aromatic N) is 4. The van der Waals surface area contributed by atoms with Gasteiger partial charge in [-0.25, -0.2) is 9.98 Å². The Morgan fingerprint density at radius 1 is 1.23 bits per heavy atom. The molecule has 1 fully saturated rings. The summed E-state index contributed by atoms with van der Waals surface area (Å²) in [5.41, 5.74) is 2.50. The lowest BCUT2D eigenvalue weighted by atomic mass is 10.1. The molecule has 2 N–H and O–H groups in total. The van der Waals surface area contributed by atoms with E-state index >= 15 is 0 Å². The van der Waals surface area contributed by atoms with Gasteiger partial charge in [0.1, 0.15) is 5.69 Å². The van der Waals surface area contributed by atoms with E-state index in [0.717, 1.165) is 30.2 Å². The molecule has 0 aromatic carbocycles. The van der Waals surface area contributed by atoms with Crippen molar-refractivity contribution in [2.45, 2.75) is 19.3 Å². The van der Waals surface area contributed by atoms with Gasteiger partial charge in [-0.05, 0) is 37.5 Å². The van der Waals surface area contributed by atoms with E-state index in [4.69, 9.17) is 0 Å². The van der Waals surface area contributed by atoms with E-state index in [1.54, 1.807) is 12.4 Å². The Morgan fingerprint density at radius 3 is 2.95 bits per heavy atom. The summed E-state index contributed by atoms with van der Waals surface area (Å²) in [6, 6.07) is 3.85. The number of aromatic hydroxyl groups is 1. The Labute approximate surface area is 128 Å². The summed E-state index contributed by atoms with van der Waals surface area (Å²) >= 11 is 0. The van der Waals surface area contributed by atoms with Crippen LogP contribution in [-0.2, 0) is 0 Å². The molecule has 2 aliphatic heterocycles. The van der Waals surface area contributed by atoms with Crippen LogP contribution in [0.25, 0.3) is 11.6 Å². The summed E-state index contributed by atoms with van der Waals surface area (Å²) in [6.45, 7) is 1.97. The number of fused-ring (bicyclic) bond motifs is 1. The highest BCUT2D eigenvalue weighted by Crippen LogP contribution is 2.32. The number of aromatic nitrogens is 3. The molecule has 0 spiro atoms. The Hall–Kier alpha value is -2.63. The molecule has 112 valence electrons. The zero-order valence-corrected chi connectivity index (χ0v) is 12.2. The molecule has 2 aromatic rings. The van der Waals surface area contributed by atoms with Crippen molar-refractivity contribution in [2.24, 2.45) is 4.99 Å². The van der Waals surface area contributed by atoms with Crippen molar-refractivity contribution in [1.29, 1.82) is 0 Å². The fourth-order valence-electron chi connectivity index (χ4n) is 2.92. The van der Waals surface area contributed by atoms with Crippen molar-refractivity contribution in [3.8, 4) is 5.88 Å². The molecule has 4 heterocycles. The maximum absolute atomic E-state index is 10.1. The third kappa shape index (κ3) is 2.26. The van der Waals surface area contributed by atoms with Gasteiger partial charge >= 0.3 is 0 Å². The first-order chi connectivity index (χ1) is 10.8. The fourth-order valence-corrected chi connectivity index (χ4v) is 2.92. The number of anilines is 1. The monoisotopic (exact) mass is 295 g/mol. The van der Waals surface area contributed by atoms with Gasteiger partial charge in [-0.2, -0.15) is 4.98 Å². The van der Waals surface area contributed by atoms with E-state index in [9.17, 15) is 5.11 Å². The summed E-state index contributed by atoms with van der Waals surface area (Å²) < 4.78 is 0. The zero-order valence-electron chi connectivity index (χ0n) is 12.2. The number of piperidine rings is 1. The highest BCUT2D eigenvalue weighted by molar-refractivity contribution is 6.20. The quantitative estimate of drug-likeness (QED) is 0.893. The topological polar surface area (TPSA) is 77.4 Å². The molecule has 6 heteroatoms. The standard InChI is InChI=1S/C16H17N5O/c22-15-13(19-16(20-15)21-7-2-1-3-8-21)9-11-10-18-14-12(11)5-4-6-17-14/h4-6,9-10,22H,1-3,7-8H2,(H,19,20). The van der Waals surface area contributed by atoms with Crippen LogP contribution in [0.15, 0.2) is 23.3 Å². The van der Waals surface area contributed by atoms with E-state index < -0.39 is 0 Å². The lowest BCUT2D eigenvalue weighted by Gasteiger charge is -2.25. The van der Waals surface area contributed by atoms with Crippen LogP contribution < -0.4 is 4.90 Å². The van der Waals surface area contributed by atoms with Crippen molar-refractivity contribution < 1.29 is 5.11 Å². The third-order valence-electron chi connectivity index (χ3n) is 4.08. The molecule has 6 nitrogen and oxygen atoms in total. The summed E-state index contributed by atoms with van der Waals surface area (Å²) in [6.07, 6.45) is 8.96. The average Bonchev–Trinajstić information content (AvgIpc) is 3.13. The Kier molecular flexibility index (Phi) is 3.14. The maximum atomic E-state index is 10.1. The van der Waals surface area contributed by atoms with Gasteiger partial charge in [-0.1, -0.05) is 0 Å². The molecular weight excluding hydrogens is 278 g/mol. The second kappa shape index (κ2) is 5.29. The van der Waals surface area contributed by atoms with Crippen molar-refractivity contribution in [1.82, 2.24) is 15.0 Å². The molecule has 0 radical (unpaired) electrons. The number of H-pyrrole nitrogens is 1. The number of aliphatic imine (C=N–C) groups is 1.